The van der Waals surface area contributed by atoms with E-state index in [0.29, 0.717) is 13.1 Å². The molecule has 0 saturated carbocycles. The summed E-state index contributed by atoms with van der Waals surface area (Å²) in [5.74, 6) is -0.578. The molecule has 8 heteroatoms. The molecule has 0 aromatic heterocycles. The molecule has 4 N–H and O–H groups in total. The molecule has 1 aromatic carbocycles. The zero-order valence-electron chi connectivity index (χ0n) is 11.7. The van der Waals surface area contributed by atoms with Crippen LogP contribution in [0, 0.1) is 0 Å². The first-order chi connectivity index (χ1) is 9.99. The van der Waals surface area contributed by atoms with E-state index in [1.54, 1.807) is 0 Å². The van der Waals surface area contributed by atoms with E-state index in [4.69, 9.17) is 5.73 Å². The van der Waals surface area contributed by atoms with Gasteiger partial charge in [0.25, 0.3) is 0 Å². The molecule has 1 heterocycles. The van der Waals surface area contributed by atoms with E-state index in [1.165, 1.54) is 24.3 Å². The van der Waals surface area contributed by atoms with Crippen LogP contribution in [0.25, 0.3) is 0 Å². The van der Waals surface area contributed by atoms with Gasteiger partial charge in [-0.1, -0.05) is 0 Å². The third-order valence-electron chi connectivity index (χ3n) is 3.38. The number of hydrogen-bond donors (Lipinski definition) is 3. The van der Waals surface area contributed by atoms with E-state index in [2.05, 4.69) is 14.9 Å². The van der Waals surface area contributed by atoms with Gasteiger partial charge in [0.1, 0.15) is 0 Å². The molecular formula is C13H20N4O3S. The molecule has 1 aliphatic heterocycles. The van der Waals surface area contributed by atoms with Crippen molar-refractivity contribution in [2.45, 2.75) is 4.90 Å². The highest BCUT2D eigenvalue weighted by Gasteiger charge is 2.15. The molecule has 0 atom stereocenters. The van der Waals surface area contributed by atoms with Crippen molar-refractivity contribution in [1.29, 1.82) is 0 Å². The molecule has 1 aromatic rings. The molecule has 0 radical (unpaired) electrons. The molecule has 1 fully saturated rings. The van der Waals surface area contributed by atoms with Crippen LogP contribution < -0.4 is 15.8 Å². The summed E-state index contributed by atoms with van der Waals surface area (Å²) in [6, 6.07) is 5.58. The largest absolute Gasteiger partial charge is 0.366 e. The van der Waals surface area contributed by atoms with Crippen LogP contribution in [0.5, 0.6) is 0 Å². The lowest BCUT2D eigenvalue weighted by Gasteiger charge is -2.27. The van der Waals surface area contributed by atoms with Crippen molar-refractivity contribution < 1.29 is 13.2 Å². The fraction of sp³-hybridized carbons (Fsp3) is 0.462. The highest BCUT2D eigenvalue weighted by Crippen LogP contribution is 2.10. The Morgan fingerprint density at radius 1 is 1.24 bits per heavy atom. The highest BCUT2D eigenvalue weighted by molar-refractivity contribution is 7.89. The minimum atomic E-state index is -3.55. The normalized spacial score (nSPS) is 16.8. The summed E-state index contributed by atoms with van der Waals surface area (Å²) >= 11 is 0. The summed E-state index contributed by atoms with van der Waals surface area (Å²) in [6.45, 7) is 4.76. The SMILES string of the molecule is NC(=O)c1ccc(S(=O)(=O)NCCN2CCNCC2)cc1. The summed E-state index contributed by atoms with van der Waals surface area (Å²) < 4.78 is 26.8. The fourth-order valence-corrected chi connectivity index (χ4v) is 3.18. The van der Waals surface area contributed by atoms with Gasteiger partial charge in [0, 0.05) is 44.8 Å². The number of nitrogens with one attached hydrogen (secondary N) is 2. The number of piperazine rings is 1. The second kappa shape index (κ2) is 6.99. The molecule has 0 spiro atoms. The van der Waals surface area contributed by atoms with Crippen LogP contribution in [-0.4, -0.2) is 58.5 Å². The number of nitrogens with two attached hydrogens (primary N) is 1. The van der Waals surface area contributed by atoms with Gasteiger partial charge in [0.15, 0.2) is 0 Å². The summed E-state index contributed by atoms with van der Waals surface area (Å²) in [6.07, 6.45) is 0. The van der Waals surface area contributed by atoms with Crippen molar-refractivity contribution in [2.24, 2.45) is 5.73 Å². The third kappa shape index (κ3) is 4.50. The molecule has 0 unspecified atom stereocenters. The molecule has 116 valence electrons. The van der Waals surface area contributed by atoms with Crippen LogP contribution in [0.15, 0.2) is 29.2 Å². The van der Waals surface area contributed by atoms with E-state index < -0.39 is 15.9 Å². The van der Waals surface area contributed by atoms with Crippen molar-refractivity contribution in [3.05, 3.63) is 29.8 Å². The first kappa shape index (κ1) is 15.9. The van der Waals surface area contributed by atoms with Crippen LogP contribution in [0.4, 0.5) is 0 Å². The van der Waals surface area contributed by atoms with Crippen LogP contribution in [0.1, 0.15) is 10.4 Å². The molecule has 1 aliphatic rings. The average molecular weight is 312 g/mol. The Kier molecular flexibility index (Phi) is 5.29. The molecular weight excluding hydrogens is 292 g/mol. The Morgan fingerprint density at radius 2 is 1.86 bits per heavy atom. The van der Waals surface area contributed by atoms with Crippen LogP contribution in [0.2, 0.25) is 0 Å². The molecule has 0 bridgehead atoms. The number of carbonyl (C=O) groups is 1. The molecule has 0 aliphatic carbocycles. The number of sulfonamides is 1. The van der Waals surface area contributed by atoms with Crippen LogP contribution in [-0.2, 0) is 10.0 Å². The summed E-state index contributed by atoms with van der Waals surface area (Å²) in [5.41, 5.74) is 5.41. The Labute approximate surface area is 124 Å². The molecule has 21 heavy (non-hydrogen) atoms. The average Bonchev–Trinajstić information content (AvgIpc) is 2.48. The zero-order chi connectivity index (χ0) is 15.3. The predicted octanol–water partition coefficient (Wildman–Crippen LogP) is -1.03. The van der Waals surface area contributed by atoms with Gasteiger partial charge in [0.05, 0.1) is 4.90 Å². The summed E-state index contributed by atoms with van der Waals surface area (Å²) in [7, 11) is -3.55. The lowest BCUT2D eigenvalue weighted by molar-refractivity contribution is 0.1000. The topological polar surface area (TPSA) is 105 Å². The van der Waals surface area contributed by atoms with E-state index >= 15 is 0 Å². The van der Waals surface area contributed by atoms with E-state index in [-0.39, 0.29) is 10.5 Å². The lowest BCUT2D eigenvalue weighted by Crippen LogP contribution is -2.46. The van der Waals surface area contributed by atoms with Gasteiger partial charge in [-0.2, -0.15) is 0 Å². The van der Waals surface area contributed by atoms with Crippen molar-refractivity contribution in [2.75, 3.05) is 39.3 Å². The molecule has 1 saturated heterocycles. The minimum Gasteiger partial charge on any atom is -0.366 e. The Hall–Kier alpha value is -1.48. The molecule has 1 amide bonds. The van der Waals surface area contributed by atoms with Gasteiger partial charge in [0.2, 0.25) is 15.9 Å². The van der Waals surface area contributed by atoms with E-state index in [1.807, 2.05) is 0 Å². The second-order valence-electron chi connectivity index (χ2n) is 4.88. The maximum atomic E-state index is 12.1. The summed E-state index contributed by atoms with van der Waals surface area (Å²) in [4.78, 5) is 13.3. The van der Waals surface area contributed by atoms with Crippen molar-refractivity contribution in [1.82, 2.24) is 14.9 Å². The third-order valence-corrected chi connectivity index (χ3v) is 4.86. The Balaban J connectivity index is 1.90. The first-order valence-corrected chi connectivity index (χ1v) is 8.30. The van der Waals surface area contributed by atoms with Crippen LogP contribution in [0.3, 0.4) is 0 Å². The number of benzene rings is 1. The van der Waals surface area contributed by atoms with E-state index in [0.717, 1.165) is 26.2 Å². The number of rotatable bonds is 6. The Bertz CT molecular complexity index is 580. The number of nitrogens with zero attached hydrogens (tertiary/aromatic N) is 1. The predicted molar refractivity (Wildman–Crippen MR) is 79.5 cm³/mol. The number of hydrogen-bond acceptors (Lipinski definition) is 5. The minimum absolute atomic E-state index is 0.132. The monoisotopic (exact) mass is 312 g/mol. The highest BCUT2D eigenvalue weighted by atomic mass is 32.2. The van der Waals surface area contributed by atoms with Crippen LogP contribution >= 0.6 is 0 Å². The van der Waals surface area contributed by atoms with Gasteiger partial charge < -0.3 is 11.1 Å². The van der Waals surface area contributed by atoms with Crippen molar-refractivity contribution in [3.63, 3.8) is 0 Å². The maximum Gasteiger partial charge on any atom is 0.248 e. The van der Waals surface area contributed by atoms with Crippen molar-refractivity contribution >= 4 is 15.9 Å². The van der Waals surface area contributed by atoms with E-state index in [9.17, 15) is 13.2 Å². The fourth-order valence-electron chi connectivity index (χ4n) is 2.15. The lowest BCUT2D eigenvalue weighted by atomic mass is 10.2. The second-order valence-corrected chi connectivity index (χ2v) is 6.64. The number of amides is 1. The van der Waals surface area contributed by atoms with Gasteiger partial charge in [-0.3, -0.25) is 9.69 Å². The standard InChI is InChI=1S/C13H20N4O3S/c14-13(18)11-1-3-12(4-2-11)21(19,20)16-7-10-17-8-5-15-6-9-17/h1-4,15-16H,5-10H2,(H2,14,18). The summed E-state index contributed by atoms with van der Waals surface area (Å²) in [5, 5.41) is 3.24. The van der Waals surface area contributed by atoms with Crippen molar-refractivity contribution in [3.8, 4) is 0 Å². The number of carbonyl (C=O) groups excluding carboxylic acids is 1. The van der Waals surface area contributed by atoms with Gasteiger partial charge in [-0.25, -0.2) is 13.1 Å². The van der Waals surface area contributed by atoms with Gasteiger partial charge in [-0.05, 0) is 24.3 Å². The molecule has 2 rings (SSSR count). The first-order valence-electron chi connectivity index (χ1n) is 6.82. The maximum absolute atomic E-state index is 12.1. The quantitative estimate of drug-likeness (QED) is 0.623. The van der Waals surface area contributed by atoms with Gasteiger partial charge >= 0.3 is 0 Å². The number of primary amides is 1. The smallest absolute Gasteiger partial charge is 0.248 e. The van der Waals surface area contributed by atoms with Gasteiger partial charge in [-0.15, -0.1) is 0 Å². The Morgan fingerprint density at radius 3 is 2.43 bits per heavy atom. The molecule has 7 nitrogen and oxygen atoms in total. The zero-order valence-corrected chi connectivity index (χ0v) is 12.5.